The van der Waals surface area contributed by atoms with Crippen LogP contribution in [0.5, 0.6) is 0 Å². The Kier molecular flexibility index (Phi) is 7.87. The molecular weight excluding hydrogens is 368 g/mol. The predicted molar refractivity (Wildman–Crippen MR) is 113 cm³/mol. The third kappa shape index (κ3) is 6.46. The summed E-state index contributed by atoms with van der Waals surface area (Å²) < 4.78 is 5.23. The van der Waals surface area contributed by atoms with Gasteiger partial charge in [-0.15, -0.1) is 0 Å². The molecule has 0 radical (unpaired) electrons. The average Bonchev–Trinajstić information content (AvgIpc) is 2.75. The summed E-state index contributed by atoms with van der Waals surface area (Å²) in [6.07, 6.45) is 12.0. The smallest absolute Gasteiger partial charge is 0.329 e. The minimum absolute atomic E-state index is 0.0790. The first-order valence-electron chi connectivity index (χ1n) is 10.4. The van der Waals surface area contributed by atoms with Gasteiger partial charge in [0, 0.05) is 12.2 Å². The van der Waals surface area contributed by atoms with Crippen LogP contribution in [0.1, 0.15) is 38.5 Å². The summed E-state index contributed by atoms with van der Waals surface area (Å²) >= 11 is 0. The molecule has 0 spiro atoms. The second-order valence-corrected chi connectivity index (χ2v) is 7.78. The lowest BCUT2D eigenvalue weighted by molar-refractivity contribution is -0.142. The van der Waals surface area contributed by atoms with E-state index in [4.69, 9.17) is 9.84 Å². The average molecular weight is 399 g/mol. The van der Waals surface area contributed by atoms with Gasteiger partial charge in [-0.05, 0) is 68.6 Å². The molecule has 0 unspecified atom stereocenters. The summed E-state index contributed by atoms with van der Waals surface area (Å²) in [5.41, 5.74) is 1.89. The number of ether oxygens (including phenoxy) is 1. The molecule has 0 heterocycles. The Morgan fingerprint density at radius 1 is 1.10 bits per heavy atom. The number of benzene rings is 1. The lowest BCUT2D eigenvalue weighted by Crippen LogP contribution is -2.42. The first-order valence-corrected chi connectivity index (χ1v) is 10.4. The fourth-order valence-corrected chi connectivity index (χ4v) is 3.99. The van der Waals surface area contributed by atoms with E-state index in [0.29, 0.717) is 25.0 Å². The normalized spacial score (nSPS) is 21.3. The maximum atomic E-state index is 13.0. The van der Waals surface area contributed by atoms with Crippen LogP contribution in [-0.2, 0) is 9.53 Å². The van der Waals surface area contributed by atoms with Crippen molar-refractivity contribution < 1.29 is 19.4 Å². The van der Waals surface area contributed by atoms with E-state index in [1.807, 2.05) is 42.5 Å². The third-order valence-corrected chi connectivity index (χ3v) is 5.58. The number of para-hydroxylation sites is 1. The summed E-state index contributed by atoms with van der Waals surface area (Å²) in [6, 6.07) is 9.69. The number of carboxylic acid groups (broad SMARTS) is 1. The molecule has 6 nitrogen and oxygen atoms in total. The van der Waals surface area contributed by atoms with Crippen LogP contribution in [0.4, 0.5) is 10.5 Å². The molecule has 2 aliphatic rings. The van der Waals surface area contributed by atoms with E-state index in [0.717, 1.165) is 49.9 Å². The van der Waals surface area contributed by atoms with E-state index >= 15 is 0 Å². The number of carbonyl (C=O) groups excluding carboxylic acids is 1. The number of anilines is 1. The zero-order chi connectivity index (χ0) is 20.5. The SMILES string of the molecule is O=C(O)COC[C@H]1CC[C@H](CNC(=O)N(C2=CC=CCC2)c2ccccc2)CC1. The highest BCUT2D eigenvalue weighted by Crippen LogP contribution is 2.29. The Hall–Kier alpha value is -2.60. The van der Waals surface area contributed by atoms with Gasteiger partial charge in [-0.2, -0.15) is 0 Å². The zero-order valence-corrected chi connectivity index (χ0v) is 16.8. The molecule has 6 heteroatoms. The van der Waals surface area contributed by atoms with E-state index in [1.54, 1.807) is 4.90 Å². The monoisotopic (exact) mass is 398 g/mol. The largest absolute Gasteiger partial charge is 0.480 e. The number of rotatable bonds is 8. The van der Waals surface area contributed by atoms with Crippen molar-refractivity contribution in [3.05, 3.63) is 54.3 Å². The lowest BCUT2D eigenvalue weighted by Gasteiger charge is -2.30. The van der Waals surface area contributed by atoms with Gasteiger partial charge in [-0.1, -0.05) is 30.4 Å². The van der Waals surface area contributed by atoms with Crippen LogP contribution in [0.25, 0.3) is 0 Å². The number of carboxylic acids is 1. The maximum Gasteiger partial charge on any atom is 0.329 e. The molecular formula is C23H30N2O4. The van der Waals surface area contributed by atoms with E-state index < -0.39 is 5.97 Å². The first kappa shape index (κ1) is 21.1. The number of carbonyl (C=O) groups is 2. The van der Waals surface area contributed by atoms with Crippen molar-refractivity contribution >= 4 is 17.7 Å². The number of urea groups is 1. The molecule has 1 aromatic rings. The minimum atomic E-state index is -0.923. The Morgan fingerprint density at radius 3 is 2.48 bits per heavy atom. The number of amides is 2. The topological polar surface area (TPSA) is 78.9 Å². The van der Waals surface area contributed by atoms with Crippen LogP contribution < -0.4 is 10.2 Å². The van der Waals surface area contributed by atoms with Crippen molar-refractivity contribution in [2.45, 2.75) is 38.5 Å². The zero-order valence-electron chi connectivity index (χ0n) is 16.8. The molecule has 0 aromatic heterocycles. The Bertz CT molecular complexity index is 737. The number of allylic oxidation sites excluding steroid dienone is 4. The standard InChI is InChI=1S/C23H30N2O4/c26-22(27)17-29-16-19-13-11-18(12-14-19)15-24-23(28)25(20-7-3-1-4-8-20)21-9-5-2-6-10-21/h1-5,7-9,18-19H,6,10-17H2,(H,24,28)(H,26,27)/t18-,19-. The second-order valence-electron chi connectivity index (χ2n) is 7.78. The van der Waals surface area contributed by atoms with Gasteiger partial charge < -0.3 is 15.2 Å². The highest BCUT2D eigenvalue weighted by atomic mass is 16.5. The molecule has 1 saturated carbocycles. The van der Waals surface area contributed by atoms with Gasteiger partial charge in [0.2, 0.25) is 0 Å². The summed E-state index contributed by atoms with van der Waals surface area (Å²) in [5.74, 6) is -0.0539. The third-order valence-electron chi connectivity index (χ3n) is 5.58. The molecule has 0 saturated heterocycles. The molecule has 2 N–H and O–H groups in total. The summed E-state index contributed by atoms with van der Waals surface area (Å²) in [4.78, 5) is 25.4. The molecule has 2 aliphatic carbocycles. The number of nitrogens with one attached hydrogen (secondary N) is 1. The summed E-state index contributed by atoms with van der Waals surface area (Å²) in [7, 11) is 0. The van der Waals surface area contributed by atoms with E-state index in [-0.39, 0.29) is 12.6 Å². The molecule has 3 rings (SSSR count). The Morgan fingerprint density at radius 2 is 1.83 bits per heavy atom. The van der Waals surface area contributed by atoms with Crippen LogP contribution >= 0.6 is 0 Å². The molecule has 1 aromatic carbocycles. The molecule has 156 valence electrons. The number of aliphatic carboxylic acids is 1. The van der Waals surface area contributed by atoms with E-state index in [9.17, 15) is 9.59 Å². The second kappa shape index (κ2) is 10.8. The Labute approximate surface area is 172 Å². The van der Waals surface area contributed by atoms with Gasteiger partial charge in [-0.3, -0.25) is 4.90 Å². The van der Waals surface area contributed by atoms with Gasteiger partial charge in [0.05, 0.1) is 12.3 Å². The Balaban J connectivity index is 1.50. The maximum absolute atomic E-state index is 13.0. The fourth-order valence-electron chi connectivity index (χ4n) is 3.99. The van der Waals surface area contributed by atoms with E-state index in [1.165, 1.54) is 0 Å². The number of hydrogen-bond donors (Lipinski definition) is 2. The van der Waals surface area contributed by atoms with Crippen molar-refractivity contribution in [1.29, 1.82) is 0 Å². The number of nitrogens with zero attached hydrogens (tertiary/aromatic N) is 1. The van der Waals surface area contributed by atoms with Gasteiger partial charge in [0.15, 0.2) is 0 Å². The van der Waals surface area contributed by atoms with Gasteiger partial charge in [0.25, 0.3) is 0 Å². The molecule has 1 fully saturated rings. The quantitative estimate of drug-likeness (QED) is 0.683. The number of hydrogen-bond acceptors (Lipinski definition) is 3. The van der Waals surface area contributed by atoms with Crippen LogP contribution in [0.3, 0.4) is 0 Å². The molecule has 0 aliphatic heterocycles. The first-order chi connectivity index (χ1) is 14.1. The predicted octanol–water partition coefficient (Wildman–Crippen LogP) is 4.34. The van der Waals surface area contributed by atoms with Gasteiger partial charge >= 0.3 is 12.0 Å². The van der Waals surface area contributed by atoms with Crippen molar-refractivity contribution in [3.8, 4) is 0 Å². The summed E-state index contributed by atoms with van der Waals surface area (Å²) in [6.45, 7) is 0.944. The van der Waals surface area contributed by atoms with Crippen LogP contribution in [0.2, 0.25) is 0 Å². The molecule has 0 atom stereocenters. The van der Waals surface area contributed by atoms with Crippen molar-refractivity contribution in [3.63, 3.8) is 0 Å². The van der Waals surface area contributed by atoms with Crippen molar-refractivity contribution in [1.82, 2.24) is 5.32 Å². The van der Waals surface area contributed by atoms with Crippen molar-refractivity contribution in [2.24, 2.45) is 11.8 Å². The van der Waals surface area contributed by atoms with Crippen LogP contribution in [-0.4, -0.2) is 36.9 Å². The van der Waals surface area contributed by atoms with Gasteiger partial charge in [0.1, 0.15) is 6.61 Å². The van der Waals surface area contributed by atoms with E-state index in [2.05, 4.69) is 11.4 Å². The summed E-state index contributed by atoms with van der Waals surface area (Å²) in [5, 5.41) is 11.8. The highest BCUT2D eigenvalue weighted by Gasteiger charge is 2.24. The van der Waals surface area contributed by atoms with Crippen LogP contribution in [0, 0.1) is 11.8 Å². The fraction of sp³-hybridized carbons (Fsp3) is 0.478. The molecule has 0 bridgehead atoms. The lowest BCUT2D eigenvalue weighted by atomic mass is 9.82. The van der Waals surface area contributed by atoms with Crippen LogP contribution in [0.15, 0.2) is 54.3 Å². The molecule has 2 amide bonds. The molecule has 29 heavy (non-hydrogen) atoms. The minimum Gasteiger partial charge on any atom is -0.480 e. The van der Waals surface area contributed by atoms with Crippen molar-refractivity contribution in [2.75, 3.05) is 24.7 Å². The highest BCUT2D eigenvalue weighted by molar-refractivity contribution is 5.95. The van der Waals surface area contributed by atoms with Gasteiger partial charge in [-0.25, -0.2) is 9.59 Å².